The molecular weight excluding hydrogens is 392 g/mol. The number of methoxy groups -OCH3 is 1. The third-order valence-corrected chi connectivity index (χ3v) is 5.20. The SMILES string of the molecule is COc1ccc(Cn2nnnc2SCC(O)COc2ccc(C(C)=O)cc2)cc1. The maximum Gasteiger partial charge on any atom is 0.209 e. The molecule has 0 radical (unpaired) electrons. The standard InChI is InChI=1S/C20H22N4O4S/c1-14(25)16-5-9-19(10-6-16)28-12-17(26)13-29-20-21-22-23-24(20)11-15-3-7-18(27-2)8-4-15/h3-10,17,26H,11-13H2,1-2H3. The average molecular weight is 414 g/mol. The van der Waals surface area contributed by atoms with Crippen LogP contribution in [0.5, 0.6) is 11.5 Å². The van der Waals surface area contributed by atoms with Crippen LogP contribution in [0.4, 0.5) is 0 Å². The predicted molar refractivity (Wildman–Crippen MR) is 109 cm³/mol. The second-order valence-electron chi connectivity index (χ2n) is 6.32. The van der Waals surface area contributed by atoms with E-state index in [1.165, 1.54) is 18.7 Å². The number of ketones is 1. The predicted octanol–water partition coefficient (Wildman–Crippen LogP) is 2.46. The van der Waals surface area contributed by atoms with Gasteiger partial charge >= 0.3 is 0 Å². The van der Waals surface area contributed by atoms with Gasteiger partial charge in [0.2, 0.25) is 5.16 Å². The number of aliphatic hydroxyl groups excluding tert-OH is 1. The molecule has 1 atom stereocenters. The Labute approximate surface area is 172 Å². The zero-order chi connectivity index (χ0) is 20.6. The molecule has 1 N–H and O–H groups in total. The molecule has 0 spiro atoms. The Bertz CT molecular complexity index is 928. The van der Waals surface area contributed by atoms with Crippen molar-refractivity contribution in [1.82, 2.24) is 20.2 Å². The monoisotopic (exact) mass is 414 g/mol. The van der Waals surface area contributed by atoms with Crippen LogP contribution in [0.2, 0.25) is 0 Å². The third-order valence-electron chi connectivity index (χ3n) is 4.10. The number of hydrogen-bond acceptors (Lipinski definition) is 8. The van der Waals surface area contributed by atoms with E-state index in [1.807, 2.05) is 24.3 Å². The van der Waals surface area contributed by atoms with E-state index in [0.29, 0.717) is 28.8 Å². The Morgan fingerprint density at radius 2 is 1.83 bits per heavy atom. The molecule has 2 aromatic carbocycles. The first kappa shape index (κ1) is 20.8. The van der Waals surface area contributed by atoms with Gasteiger partial charge in [-0.15, -0.1) is 5.10 Å². The smallest absolute Gasteiger partial charge is 0.209 e. The van der Waals surface area contributed by atoms with E-state index in [2.05, 4.69) is 15.5 Å². The summed E-state index contributed by atoms with van der Waals surface area (Å²) in [6.07, 6.45) is -0.696. The van der Waals surface area contributed by atoms with Crippen molar-refractivity contribution in [2.75, 3.05) is 19.5 Å². The van der Waals surface area contributed by atoms with Crippen LogP contribution in [0, 0.1) is 0 Å². The summed E-state index contributed by atoms with van der Waals surface area (Å²) in [5, 5.41) is 22.6. The fraction of sp³-hybridized carbons (Fsp3) is 0.300. The van der Waals surface area contributed by atoms with E-state index in [1.54, 1.807) is 36.1 Å². The van der Waals surface area contributed by atoms with E-state index in [4.69, 9.17) is 9.47 Å². The van der Waals surface area contributed by atoms with Gasteiger partial charge in [0.05, 0.1) is 19.8 Å². The van der Waals surface area contributed by atoms with Crippen molar-refractivity contribution >= 4 is 17.5 Å². The molecule has 8 nitrogen and oxygen atoms in total. The zero-order valence-corrected chi connectivity index (χ0v) is 17.0. The van der Waals surface area contributed by atoms with Crippen LogP contribution in [0.3, 0.4) is 0 Å². The van der Waals surface area contributed by atoms with Gasteiger partial charge in [-0.25, -0.2) is 4.68 Å². The summed E-state index contributed by atoms with van der Waals surface area (Å²) in [4.78, 5) is 11.3. The summed E-state index contributed by atoms with van der Waals surface area (Å²) in [5.41, 5.74) is 1.66. The summed E-state index contributed by atoms with van der Waals surface area (Å²) in [6, 6.07) is 14.5. The molecule has 0 bridgehead atoms. The number of carbonyl (C=O) groups is 1. The molecule has 0 saturated heterocycles. The van der Waals surface area contributed by atoms with Crippen molar-refractivity contribution in [1.29, 1.82) is 0 Å². The fourth-order valence-corrected chi connectivity index (χ4v) is 3.28. The summed E-state index contributed by atoms with van der Waals surface area (Å²) in [7, 11) is 1.63. The number of aromatic nitrogens is 4. The zero-order valence-electron chi connectivity index (χ0n) is 16.2. The molecule has 0 aliphatic carbocycles. The minimum atomic E-state index is -0.696. The van der Waals surface area contributed by atoms with Gasteiger partial charge in [0.1, 0.15) is 18.1 Å². The Balaban J connectivity index is 1.48. The molecule has 3 aromatic rings. The minimum Gasteiger partial charge on any atom is -0.497 e. The van der Waals surface area contributed by atoms with Crippen LogP contribution in [-0.2, 0) is 6.54 Å². The second-order valence-corrected chi connectivity index (χ2v) is 7.31. The summed E-state index contributed by atoms with van der Waals surface area (Å²) >= 11 is 1.36. The maximum atomic E-state index is 11.3. The Hall–Kier alpha value is -2.91. The first-order chi connectivity index (χ1) is 14.0. The maximum absolute atomic E-state index is 11.3. The molecule has 9 heteroatoms. The number of benzene rings is 2. The van der Waals surface area contributed by atoms with E-state index in [0.717, 1.165) is 11.3 Å². The highest BCUT2D eigenvalue weighted by molar-refractivity contribution is 7.99. The molecule has 0 aliphatic heterocycles. The Kier molecular flexibility index (Phi) is 7.20. The molecule has 0 amide bonds. The van der Waals surface area contributed by atoms with Gasteiger partial charge in [0.25, 0.3) is 0 Å². The number of hydrogen-bond donors (Lipinski definition) is 1. The summed E-state index contributed by atoms with van der Waals surface area (Å²) in [6.45, 7) is 2.17. The molecular formula is C20H22N4O4S. The van der Waals surface area contributed by atoms with Crippen LogP contribution < -0.4 is 9.47 Å². The van der Waals surface area contributed by atoms with E-state index in [-0.39, 0.29) is 12.4 Å². The van der Waals surface area contributed by atoms with Crippen molar-refractivity contribution in [2.24, 2.45) is 0 Å². The number of ether oxygens (including phenoxy) is 2. The van der Waals surface area contributed by atoms with Crippen LogP contribution >= 0.6 is 11.8 Å². The van der Waals surface area contributed by atoms with Gasteiger partial charge in [-0.3, -0.25) is 4.79 Å². The molecule has 0 saturated carbocycles. The van der Waals surface area contributed by atoms with Crippen LogP contribution in [0.1, 0.15) is 22.8 Å². The number of carbonyl (C=O) groups excluding carboxylic acids is 1. The Morgan fingerprint density at radius 1 is 1.14 bits per heavy atom. The Morgan fingerprint density at radius 3 is 2.48 bits per heavy atom. The quantitative estimate of drug-likeness (QED) is 0.399. The highest BCUT2D eigenvalue weighted by Crippen LogP contribution is 2.19. The first-order valence-electron chi connectivity index (χ1n) is 8.99. The lowest BCUT2D eigenvalue weighted by molar-refractivity contribution is 0.101. The number of aliphatic hydroxyl groups is 1. The molecule has 1 unspecified atom stereocenters. The van der Waals surface area contributed by atoms with Gasteiger partial charge in [-0.2, -0.15) is 0 Å². The van der Waals surface area contributed by atoms with Gasteiger partial charge in [-0.05, 0) is 59.3 Å². The normalized spacial score (nSPS) is 11.8. The highest BCUT2D eigenvalue weighted by atomic mass is 32.2. The second kappa shape index (κ2) is 10.0. The minimum absolute atomic E-state index is 0.000320. The van der Waals surface area contributed by atoms with Gasteiger partial charge in [-0.1, -0.05) is 23.9 Å². The molecule has 0 aliphatic rings. The number of rotatable bonds is 10. The lowest BCUT2D eigenvalue weighted by Gasteiger charge is -2.12. The number of tetrazole rings is 1. The molecule has 3 rings (SSSR count). The van der Waals surface area contributed by atoms with Crippen LogP contribution in [0.15, 0.2) is 53.7 Å². The van der Waals surface area contributed by atoms with Crippen molar-refractivity contribution in [2.45, 2.75) is 24.7 Å². The van der Waals surface area contributed by atoms with Crippen molar-refractivity contribution < 1.29 is 19.4 Å². The van der Waals surface area contributed by atoms with E-state index < -0.39 is 6.10 Å². The summed E-state index contributed by atoms with van der Waals surface area (Å²) in [5.74, 6) is 1.77. The van der Waals surface area contributed by atoms with Gasteiger partial charge in [0.15, 0.2) is 5.78 Å². The van der Waals surface area contributed by atoms with Gasteiger partial charge in [0, 0.05) is 11.3 Å². The molecule has 29 heavy (non-hydrogen) atoms. The molecule has 1 aromatic heterocycles. The summed E-state index contributed by atoms with van der Waals surface area (Å²) < 4.78 is 12.4. The van der Waals surface area contributed by atoms with Crippen molar-refractivity contribution in [3.63, 3.8) is 0 Å². The van der Waals surface area contributed by atoms with E-state index >= 15 is 0 Å². The number of Topliss-reactive ketones (excluding diaryl/α,β-unsaturated/α-hetero) is 1. The first-order valence-corrected chi connectivity index (χ1v) is 9.97. The lowest BCUT2D eigenvalue weighted by Crippen LogP contribution is -2.20. The van der Waals surface area contributed by atoms with Crippen LogP contribution in [-0.4, -0.2) is 56.7 Å². The van der Waals surface area contributed by atoms with Gasteiger partial charge < -0.3 is 14.6 Å². The largest absolute Gasteiger partial charge is 0.497 e. The number of thioether (sulfide) groups is 1. The van der Waals surface area contributed by atoms with E-state index in [9.17, 15) is 9.90 Å². The molecule has 1 heterocycles. The molecule has 0 fully saturated rings. The van der Waals surface area contributed by atoms with Crippen LogP contribution in [0.25, 0.3) is 0 Å². The van der Waals surface area contributed by atoms with Crippen molar-refractivity contribution in [3.05, 3.63) is 59.7 Å². The topological polar surface area (TPSA) is 99.4 Å². The highest BCUT2D eigenvalue weighted by Gasteiger charge is 2.12. The molecule has 152 valence electrons. The third kappa shape index (κ3) is 6.03. The lowest BCUT2D eigenvalue weighted by atomic mass is 10.1. The van der Waals surface area contributed by atoms with Crippen molar-refractivity contribution in [3.8, 4) is 11.5 Å². The average Bonchev–Trinajstić information content (AvgIpc) is 3.18. The number of nitrogens with zero attached hydrogens (tertiary/aromatic N) is 4. The fourth-order valence-electron chi connectivity index (χ4n) is 2.50.